The fraction of sp³-hybridized carbons (Fsp3) is 0.564. The second-order valence-electron chi connectivity index (χ2n) is 21.6. The number of H-pyrrole nitrogens is 2. The van der Waals surface area contributed by atoms with Crippen LogP contribution >= 0.6 is 0 Å². The van der Waals surface area contributed by atoms with Crippen molar-refractivity contribution in [3.8, 4) is 28.1 Å². The fourth-order valence-electron chi connectivity index (χ4n) is 12.8. The second-order valence-corrected chi connectivity index (χ2v) is 21.6. The van der Waals surface area contributed by atoms with Gasteiger partial charge < -0.3 is 54.1 Å². The molecule has 5 aromatic rings. The number of aromatic nitrogens is 4. The Labute approximate surface area is 420 Å². The van der Waals surface area contributed by atoms with Crippen LogP contribution in [0.25, 0.3) is 44.2 Å². The van der Waals surface area contributed by atoms with Crippen LogP contribution in [-0.4, -0.2) is 117 Å². The minimum Gasteiger partial charge on any atom is -0.488 e. The molecular weight excluding hydrogens is 917 g/mol. The molecular formula is C55H70N8O9. The van der Waals surface area contributed by atoms with E-state index >= 15 is 0 Å². The summed E-state index contributed by atoms with van der Waals surface area (Å²) < 4.78 is 28.6. The molecule has 5 aliphatic heterocycles. The first-order chi connectivity index (χ1) is 34.5. The molecule has 4 saturated heterocycles. The number of ether oxygens (including phenoxy) is 5. The van der Waals surface area contributed by atoms with Crippen molar-refractivity contribution in [1.29, 1.82) is 0 Å². The van der Waals surface area contributed by atoms with Crippen molar-refractivity contribution in [2.24, 2.45) is 23.7 Å². The summed E-state index contributed by atoms with van der Waals surface area (Å²) in [4.78, 5) is 76.0. The maximum Gasteiger partial charge on any atom is 0.407 e. The summed E-state index contributed by atoms with van der Waals surface area (Å²) in [5.74, 6) is 2.07. The van der Waals surface area contributed by atoms with Crippen molar-refractivity contribution in [3.63, 3.8) is 0 Å². The summed E-state index contributed by atoms with van der Waals surface area (Å²) in [6, 6.07) is 12.4. The van der Waals surface area contributed by atoms with Gasteiger partial charge in [0.15, 0.2) is 0 Å². The van der Waals surface area contributed by atoms with Crippen LogP contribution < -0.4 is 15.4 Å². The number of aromatic amines is 2. The number of alkyl carbamates (subject to hydrolysis) is 2. The average molecular weight is 987 g/mol. The summed E-state index contributed by atoms with van der Waals surface area (Å²) in [6.45, 7) is 16.9. The molecule has 7 heterocycles. The number of methoxy groups -OCH3 is 2. The Morgan fingerprint density at radius 3 is 1.78 bits per heavy atom. The third kappa shape index (κ3) is 9.15. The van der Waals surface area contributed by atoms with Crippen molar-refractivity contribution in [2.45, 2.75) is 161 Å². The molecule has 72 heavy (non-hydrogen) atoms. The van der Waals surface area contributed by atoms with Crippen LogP contribution in [0.5, 0.6) is 5.75 Å². The number of likely N-dealkylation sites (tertiary alicyclic amines) is 2. The van der Waals surface area contributed by atoms with Gasteiger partial charge >= 0.3 is 12.2 Å². The zero-order chi connectivity index (χ0) is 50.9. The number of nitrogens with zero attached hydrogens (tertiary/aromatic N) is 4. The first-order valence-corrected chi connectivity index (χ1v) is 25.9. The summed E-state index contributed by atoms with van der Waals surface area (Å²) in [7, 11) is 2.64. The van der Waals surface area contributed by atoms with Crippen LogP contribution in [0, 0.1) is 23.7 Å². The van der Waals surface area contributed by atoms with Gasteiger partial charge in [-0.3, -0.25) is 9.59 Å². The SMILES string of the molecule is COC(=O)NC(C(=O)N1C(c2ncc(-c3ccc4c(c3)COc3cc5c(ccc6[nH]c(C7CC(C)C(C)N7C(=O)C(NC(=O)OC)C7CC(C)OC(C)C7)nc65)cc3-4)[nH]2)CC(C)C1C)C1CC(C)OC(C)C1. The Morgan fingerprint density at radius 1 is 0.667 bits per heavy atom. The Bertz CT molecular complexity index is 2860. The number of imidazole rings is 2. The van der Waals surface area contributed by atoms with Crippen LogP contribution in [0.3, 0.4) is 0 Å². The van der Waals surface area contributed by atoms with Crippen molar-refractivity contribution in [2.75, 3.05) is 14.2 Å². The molecule has 0 spiro atoms. The first-order valence-electron chi connectivity index (χ1n) is 25.9. The molecule has 0 bridgehead atoms. The van der Waals surface area contributed by atoms with Crippen molar-refractivity contribution in [1.82, 2.24) is 40.4 Å². The highest BCUT2D eigenvalue weighted by molar-refractivity contribution is 6.07. The fourth-order valence-corrected chi connectivity index (χ4v) is 12.8. The number of nitrogens with one attached hydrogen (secondary N) is 4. The predicted molar refractivity (Wildman–Crippen MR) is 271 cm³/mol. The lowest BCUT2D eigenvalue weighted by atomic mass is 9.85. The third-order valence-electron chi connectivity index (χ3n) is 16.7. The number of carbonyl (C=O) groups excluding carboxylic acids is 4. The lowest BCUT2D eigenvalue weighted by Crippen LogP contribution is -2.55. The molecule has 4 amide bonds. The van der Waals surface area contributed by atoms with Gasteiger partial charge in [-0.25, -0.2) is 19.6 Å². The Morgan fingerprint density at radius 2 is 1.22 bits per heavy atom. The van der Waals surface area contributed by atoms with Crippen LogP contribution in [0.15, 0.2) is 48.7 Å². The van der Waals surface area contributed by atoms with Crippen LogP contribution in [0.4, 0.5) is 9.59 Å². The molecule has 4 N–H and O–H groups in total. The van der Waals surface area contributed by atoms with E-state index in [1.807, 2.05) is 49.8 Å². The number of hydrogen-bond acceptors (Lipinski definition) is 11. The number of hydrogen-bond donors (Lipinski definition) is 4. The highest BCUT2D eigenvalue weighted by Crippen LogP contribution is 2.46. The van der Waals surface area contributed by atoms with Gasteiger partial charge in [0, 0.05) is 23.0 Å². The van der Waals surface area contributed by atoms with Gasteiger partial charge in [0.2, 0.25) is 11.8 Å². The average Bonchev–Trinajstić information content (AvgIpc) is 4.15. The Balaban J connectivity index is 0.905. The third-order valence-corrected chi connectivity index (χ3v) is 16.7. The summed E-state index contributed by atoms with van der Waals surface area (Å²) in [6.07, 6.45) is 4.45. The van der Waals surface area contributed by atoms with E-state index in [-0.39, 0.29) is 84.1 Å². The molecule has 384 valence electrons. The van der Waals surface area contributed by atoms with E-state index in [1.165, 1.54) is 14.2 Å². The summed E-state index contributed by atoms with van der Waals surface area (Å²) in [5.41, 5.74) is 6.54. The number of benzene rings is 3. The topological polar surface area (TPSA) is 202 Å². The molecule has 4 fully saturated rings. The van der Waals surface area contributed by atoms with Gasteiger partial charge in [0.25, 0.3) is 0 Å². The minimum absolute atomic E-state index is 0.0398. The number of amides is 4. The predicted octanol–water partition coefficient (Wildman–Crippen LogP) is 9.12. The number of rotatable bonds is 9. The molecule has 0 saturated carbocycles. The van der Waals surface area contributed by atoms with E-state index in [4.69, 9.17) is 33.7 Å². The Hall–Kier alpha value is -6.20. The van der Waals surface area contributed by atoms with Crippen LogP contribution in [0.1, 0.15) is 123 Å². The van der Waals surface area contributed by atoms with Crippen LogP contribution in [0.2, 0.25) is 0 Å². The standard InChI is InChI=1S/C55H70N8O9/c1-26-15-44(62(32(26)7)52(64)47(60-54(66)68-9)36-17-28(3)71-29(4)18-36)50-56-24-43(58-50)35-11-13-39-38(21-35)25-70-46-23-40-34(22-41(39)46)12-14-42-49(40)59-51(57-42)45-16-27(2)33(8)63(45)53(65)48(61-55(67)69-10)37-19-30(5)72-31(6)20-37/h11-14,21-24,26-33,36-37,44-45,47-48H,15-20,25H2,1-10H3,(H,56,58)(H,57,59)(H,60,66)(H,61,67). The van der Waals surface area contributed by atoms with E-state index < -0.39 is 24.3 Å². The van der Waals surface area contributed by atoms with E-state index in [1.54, 1.807) is 0 Å². The number of fused-ring (bicyclic) bond motifs is 6. The van der Waals surface area contributed by atoms with E-state index in [9.17, 15) is 19.2 Å². The quantitative estimate of drug-likeness (QED) is 0.110. The molecule has 10 rings (SSSR count). The lowest BCUT2D eigenvalue weighted by molar-refractivity contribution is -0.141. The molecule has 3 aromatic carbocycles. The molecule has 17 nitrogen and oxygen atoms in total. The molecule has 0 aliphatic carbocycles. The molecule has 5 aliphatic rings. The lowest BCUT2D eigenvalue weighted by Gasteiger charge is -2.39. The highest BCUT2D eigenvalue weighted by Gasteiger charge is 2.48. The van der Waals surface area contributed by atoms with Gasteiger partial charge in [-0.1, -0.05) is 32.0 Å². The molecule has 12 atom stereocenters. The minimum atomic E-state index is -0.771. The smallest absolute Gasteiger partial charge is 0.407 e. The highest BCUT2D eigenvalue weighted by atomic mass is 16.5. The van der Waals surface area contributed by atoms with Gasteiger partial charge in [-0.05, 0) is 150 Å². The van der Waals surface area contributed by atoms with Crippen molar-refractivity contribution < 1.29 is 42.9 Å². The van der Waals surface area contributed by atoms with Gasteiger partial charge in [0.1, 0.15) is 36.1 Å². The maximum absolute atomic E-state index is 14.8. The Kier molecular flexibility index (Phi) is 13.5. The largest absolute Gasteiger partial charge is 0.488 e. The van der Waals surface area contributed by atoms with Crippen molar-refractivity contribution in [3.05, 3.63) is 65.9 Å². The molecule has 0 radical (unpaired) electrons. The van der Waals surface area contributed by atoms with Gasteiger partial charge in [0.05, 0.1) is 73.6 Å². The summed E-state index contributed by atoms with van der Waals surface area (Å²) >= 11 is 0. The van der Waals surface area contributed by atoms with Crippen molar-refractivity contribution >= 4 is 45.8 Å². The van der Waals surface area contributed by atoms with E-state index in [0.29, 0.717) is 43.9 Å². The van der Waals surface area contributed by atoms with E-state index in [2.05, 4.69) is 84.7 Å². The normalized spacial score (nSPS) is 30.0. The molecule has 12 unspecified atom stereocenters. The molecule has 2 aromatic heterocycles. The zero-order valence-corrected chi connectivity index (χ0v) is 43.1. The first kappa shape index (κ1) is 49.4. The van der Waals surface area contributed by atoms with Crippen LogP contribution in [-0.2, 0) is 35.1 Å². The van der Waals surface area contributed by atoms with E-state index in [0.717, 1.165) is 68.3 Å². The van der Waals surface area contributed by atoms with Gasteiger partial charge in [-0.2, -0.15) is 0 Å². The zero-order valence-electron chi connectivity index (χ0n) is 43.1. The van der Waals surface area contributed by atoms with Gasteiger partial charge in [-0.15, -0.1) is 0 Å². The maximum atomic E-state index is 14.8. The number of carbonyl (C=O) groups is 4. The monoisotopic (exact) mass is 987 g/mol. The molecule has 17 heteroatoms. The summed E-state index contributed by atoms with van der Waals surface area (Å²) in [5, 5.41) is 7.77. The second kappa shape index (κ2) is 19.7.